The molecule has 0 amide bonds. The van der Waals surface area contributed by atoms with Gasteiger partial charge in [0.1, 0.15) is 5.75 Å². The molecule has 2 rings (SSSR count). The lowest BCUT2D eigenvalue weighted by molar-refractivity contribution is -0.00951. The highest BCUT2D eigenvalue weighted by molar-refractivity contribution is 7.82. The number of nitrogens with zero attached hydrogens (tertiary/aromatic N) is 1. The van der Waals surface area contributed by atoms with E-state index in [1.54, 1.807) is 13.0 Å². The zero-order valence-electron chi connectivity index (χ0n) is 12.0. The summed E-state index contributed by atoms with van der Waals surface area (Å²) in [5.41, 5.74) is 2.54. The maximum Gasteiger partial charge on any atom is 0.480 e. The maximum absolute atomic E-state index is 11.8. The molecule has 0 N–H and O–H groups in total. The lowest BCUT2D eigenvalue weighted by atomic mass is 10.0. The standard InChI is InChI=1S/C13H18FNO5S/c1-10-8-13(19-21(16,17)20-14)11(2)7-12(10)9-15-3-5-18-6-4-15/h7-8H,3-6,9H2,1-2H3. The van der Waals surface area contributed by atoms with Gasteiger partial charge in [-0.15, -0.1) is 0 Å². The fourth-order valence-corrected chi connectivity index (χ4v) is 2.66. The number of ether oxygens (including phenoxy) is 1. The molecule has 0 spiro atoms. The largest absolute Gasteiger partial charge is 0.480 e. The van der Waals surface area contributed by atoms with Crippen LogP contribution in [0.5, 0.6) is 5.75 Å². The second kappa shape index (κ2) is 6.69. The van der Waals surface area contributed by atoms with E-state index in [9.17, 15) is 12.9 Å². The fourth-order valence-electron chi connectivity index (χ4n) is 2.23. The van der Waals surface area contributed by atoms with Crippen molar-refractivity contribution in [2.75, 3.05) is 26.3 Å². The number of morpholine rings is 1. The smallest absolute Gasteiger partial charge is 0.379 e. The molecule has 0 unspecified atom stereocenters. The van der Waals surface area contributed by atoms with Crippen LogP contribution in [-0.4, -0.2) is 39.6 Å². The lowest BCUT2D eigenvalue weighted by Crippen LogP contribution is -2.35. The summed E-state index contributed by atoms with van der Waals surface area (Å²) in [6, 6.07) is 3.41. The molecule has 0 radical (unpaired) electrons. The van der Waals surface area contributed by atoms with Crippen molar-refractivity contribution in [3.8, 4) is 5.75 Å². The number of benzene rings is 1. The molecule has 1 heterocycles. The van der Waals surface area contributed by atoms with Crippen molar-refractivity contribution in [3.05, 3.63) is 28.8 Å². The van der Waals surface area contributed by atoms with Crippen LogP contribution >= 0.6 is 0 Å². The van der Waals surface area contributed by atoms with Crippen molar-refractivity contribution in [1.29, 1.82) is 0 Å². The van der Waals surface area contributed by atoms with E-state index >= 15 is 0 Å². The van der Waals surface area contributed by atoms with Crippen LogP contribution in [0, 0.1) is 13.8 Å². The molecule has 0 saturated carbocycles. The van der Waals surface area contributed by atoms with E-state index in [4.69, 9.17) is 4.74 Å². The molecule has 8 heteroatoms. The Hall–Kier alpha value is -1.22. The lowest BCUT2D eigenvalue weighted by Gasteiger charge is -2.27. The van der Waals surface area contributed by atoms with Gasteiger partial charge in [-0.3, -0.25) is 4.90 Å². The molecule has 0 aromatic heterocycles. The minimum Gasteiger partial charge on any atom is -0.379 e. The van der Waals surface area contributed by atoms with Gasteiger partial charge in [0.2, 0.25) is 0 Å². The molecule has 0 bridgehead atoms. The zero-order chi connectivity index (χ0) is 15.5. The van der Waals surface area contributed by atoms with Crippen LogP contribution in [0.2, 0.25) is 0 Å². The molecule has 0 atom stereocenters. The average molecular weight is 319 g/mol. The monoisotopic (exact) mass is 319 g/mol. The van der Waals surface area contributed by atoms with Crippen molar-refractivity contribution < 1.29 is 26.3 Å². The van der Waals surface area contributed by atoms with Gasteiger partial charge in [-0.1, -0.05) is 6.07 Å². The first-order chi connectivity index (χ1) is 9.91. The Labute approximate surface area is 123 Å². The minimum absolute atomic E-state index is 0.0656. The van der Waals surface area contributed by atoms with Crippen LogP contribution in [0.3, 0.4) is 0 Å². The minimum atomic E-state index is -4.65. The Bertz CT molecular complexity index is 599. The molecule has 1 fully saturated rings. The summed E-state index contributed by atoms with van der Waals surface area (Å²) in [6.07, 6.45) is 0. The van der Waals surface area contributed by atoms with Gasteiger partial charge < -0.3 is 8.92 Å². The van der Waals surface area contributed by atoms with E-state index in [0.29, 0.717) is 18.8 Å². The predicted molar refractivity (Wildman–Crippen MR) is 73.8 cm³/mol. The topological polar surface area (TPSA) is 65.1 Å². The maximum atomic E-state index is 11.8. The highest BCUT2D eigenvalue weighted by Gasteiger charge is 2.18. The Balaban J connectivity index is 2.16. The van der Waals surface area contributed by atoms with E-state index in [1.807, 2.05) is 13.0 Å². The summed E-state index contributed by atoms with van der Waals surface area (Å²) < 4.78 is 46.5. The first-order valence-electron chi connectivity index (χ1n) is 6.56. The summed E-state index contributed by atoms with van der Waals surface area (Å²) in [7, 11) is -4.65. The van der Waals surface area contributed by atoms with Crippen molar-refractivity contribution >= 4 is 10.4 Å². The summed E-state index contributed by atoms with van der Waals surface area (Å²) >= 11 is 0. The number of hydrogen-bond acceptors (Lipinski definition) is 6. The van der Waals surface area contributed by atoms with Gasteiger partial charge >= 0.3 is 10.4 Å². The van der Waals surface area contributed by atoms with Crippen molar-refractivity contribution in [3.63, 3.8) is 0 Å². The van der Waals surface area contributed by atoms with Crippen molar-refractivity contribution in [2.45, 2.75) is 20.4 Å². The van der Waals surface area contributed by atoms with Crippen molar-refractivity contribution in [1.82, 2.24) is 4.90 Å². The third-order valence-corrected chi connectivity index (χ3v) is 3.94. The normalized spacial score (nSPS) is 16.9. The summed E-state index contributed by atoms with van der Waals surface area (Å²) in [5.74, 6) is 0.0656. The van der Waals surface area contributed by atoms with Gasteiger partial charge in [-0.05, 0) is 45.5 Å². The molecule has 1 saturated heterocycles. The van der Waals surface area contributed by atoms with Crippen LogP contribution in [-0.2, 0) is 26.1 Å². The third-order valence-electron chi connectivity index (χ3n) is 3.40. The fraction of sp³-hybridized carbons (Fsp3) is 0.538. The predicted octanol–water partition coefficient (Wildman–Crippen LogP) is 1.66. The molecule has 1 aromatic carbocycles. The van der Waals surface area contributed by atoms with Gasteiger partial charge in [-0.25, -0.2) is 0 Å². The Morgan fingerprint density at radius 2 is 1.90 bits per heavy atom. The second-order valence-corrected chi connectivity index (χ2v) is 6.10. The molecule has 1 aromatic rings. The van der Waals surface area contributed by atoms with Crippen LogP contribution in [0.1, 0.15) is 16.7 Å². The first kappa shape index (κ1) is 16.2. The SMILES string of the molecule is Cc1cc(OS(=O)(=O)OF)c(C)cc1CN1CCOCC1. The molecule has 1 aliphatic heterocycles. The molecular formula is C13H18FNO5S. The van der Waals surface area contributed by atoms with E-state index < -0.39 is 10.4 Å². The van der Waals surface area contributed by atoms with Gasteiger partial charge in [0.25, 0.3) is 0 Å². The van der Waals surface area contributed by atoms with E-state index in [1.165, 1.54) is 0 Å². The van der Waals surface area contributed by atoms with Gasteiger partial charge in [-0.2, -0.15) is 8.42 Å². The Morgan fingerprint density at radius 3 is 2.52 bits per heavy atom. The van der Waals surface area contributed by atoms with Crippen LogP contribution < -0.4 is 4.18 Å². The highest BCUT2D eigenvalue weighted by atomic mass is 32.3. The average Bonchev–Trinajstić information content (AvgIpc) is 2.45. The zero-order valence-corrected chi connectivity index (χ0v) is 12.8. The Kier molecular flexibility index (Phi) is 5.15. The Morgan fingerprint density at radius 1 is 1.24 bits per heavy atom. The van der Waals surface area contributed by atoms with Gasteiger partial charge in [0.15, 0.2) is 0 Å². The first-order valence-corrected chi connectivity index (χ1v) is 7.89. The summed E-state index contributed by atoms with van der Waals surface area (Å²) in [5, 5.41) is 0. The molecule has 0 aliphatic carbocycles. The molecule has 118 valence electrons. The molecular weight excluding hydrogens is 301 g/mol. The van der Waals surface area contributed by atoms with E-state index in [-0.39, 0.29) is 5.75 Å². The van der Waals surface area contributed by atoms with Gasteiger partial charge in [0, 0.05) is 19.6 Å². The summed E-state index contributed by atoms with van der Waals surface area (Å²) in [6.45, 7) is 7.46. The van der Waals surface area contributed by atoms with Gasteiger partial charge in [0.05, 0.1) is 13.2 Å². The molecule has 21 heavy (non-hydrogen) atoms. The van der Waals surface area contributed by atoms with Crippen LogP contribution in [0.25, 0.3) is 0 Å². The summed E-state index contributed by atoms with van der Waals surface area (Å²) in [4.78, 5) is 2.26. The van der Waals surface area contributed by atoms with Crippen LogP contribution in [0.4, 0.5) is 4.53 Å². The third kappa shape index (κ3) is 4.37. The number of hydrogen-bond donors (Lipinski definition) is 0. The number of aryl methyl sites for hydroxylation is 2. The molecule has 6 nitrogen and oxygen atoms in total. The molecule has 1 aliphatic rings. The quantitative estimate of drug-likeness (QED) is 0.822. The highest BCUT2D eigenvalue weighted by Crippen LogP contribution is 2.25. The van der Waals surface area contributed by atoms with Crippen molar-refractivity contribution in [2.24, 2.45) is 0 Å². The van der Waals surface area contributed by atoms with E-state index in [2.05, 4.69) is 13.5 Å². The second-order valence-electron chi connectivity index (χ2n) is 4.99. The number of halogens is 1. The van der Waals surface area contributed by atoms with Crippen LogP contribution in [0.15, 0.2) is 12.1 Å². The number of rotatable bonds is 5. The van der Waals surface area contributed by atoms with E-state index in [0.717, 1.165) is 30.8 Å².